The first-order chi connectivity index (χ1) is 13.8. The number of benzene rings is 1. The van der Waals surface area contributed by atoms with Gasteiger partial charge in [0.25, 0.3) is 5.89 Å². The molecule has 0 spiro atoms. The molecular formula is C21H24N4O2S. The van der Waals surface area contributed by atoms with Crippen LogP contribution >= 0.6 is 11.3 Å². The Bertz CT molecular complexity index is 932. The maximum Gasteiger partial charge on any atom is 0.257 e. The standard InChI is InChI=1S/C21H24N4O2S/c1-15(20-22-23-21(27-20)19-3-2-12-28-19)25-9-7-24(8-10-25)14-16-4-5-18-17(13-16)6-11-26-18/h2-5,12-13,15H,6-11,14H2,1H3/t15-/m1/s1. The molecule has 1 fully saturated rings. The summed E-state index contributed by atoms with van der Waals surface area (Å²) in [6.07, 6.45) is 1.03. The molecule has 2 aliphatic rings. The van der Waals surface area contributed by atoms with Crippen molar-refractivity contribution in [2.24, 2.45) is 0 Å². The average molecular weight is 397 g/mol. The molecule has 6 nitrogen and oxygen atoms in total. The molecule has 28 heavy (non-hydrogen) atoms. The van der Waals surface area contributed by atoms with E-state index in [0.717, 1.165) is 56.4 Å². The normalized spacial score (nSPS) is 18.8. The van der Waals surface area contributed by atoms with E-state index in [-0.39, 0.29) is 6.04 Å². The van der Waals surface area contributed by atoms with E-state index in [1.807, 2.05) is 17.5 Å². The van der Waals surface area contributed by atoms with Gasteiger partial charge in [-0.15, -0.1) is 21.5 Å². The van der Waals surface area contributed by atoms with Crippen LogP contribution in [0, 0.1) is 0 Å². The highest BCUT2D eigenvalue weighted by Gasteiger charge is 2.26. The maximum atomic E-state index is 5.93. The van der Waals surface area contributed by atoms with Crippen molar-refractivity contribution in [1.82, 2.24) is 20.0 Å². The van der Waals surface area contributed by atoms with Gasteiger partial charge in [0.15, 0.2) is 0 Å². The molecule has 0 N–H and O–H groups in total. The SMILES string of the molecule is C[C@H](c1nnc(-c2cccs2)o1)N1CCN(Cc2ccc3c(c2)CCO3)CC1. The number of rotatable bonds is 5. The summed E-state index contributed by atoms with van der Waals surface area (Å²) in [5.41, 5.74) is 2.73. The minimum Gasteiger partial charge on any atom is -0.493 e. The molecule has 4 heterocycles. The van der Waals surface area contributed by atoms with Crippen LogP contribution in [0.3, 0.4) is 0 Å². The van der Waals surface area contributed by atoms with E-state index in [4.69, 9.17) is 9.15 Å². The average Bonchev–Trinajstić information content (AvgIpc) is 3.48. The molecule has 0 aliphatic carbocycles. The predicted molar refractivity (Wildman–Crippen MR) is 109 cm³/mol. The molecule has 146 valence electrons. The fraction of sp³-hybridized carbons (Fsp3) is 0.429. The zero-order chi connectivity index (χ0) is 18.9. The van der Waals surface area contributed by atoms with Crippen molar-refractivity contribution in [3.63, 3.8) is 0 Å². The fourth-order valence-electron chi connectivity index (χ4n) is 3.96. The Kier molecular flexibility index (Phi) is 4.88. The Balaban J connectivity index is 1.18. The molecule has 2 aromatic heterocycles. The largest absolute Gasteiger partial charge is 0.493 e. The van der Waals surface area contributed by atoms with Gasteiger partial charge in [0.05, 0.1) is 17.5 Å². The second-order valence-corrected chi connectivity index (χ2v) is 8.40. The molecule has 2 aliphatic heterocycles. The van der Waals surface area contributed by atoms with Crippen LogP contribution in [0.1, 0.15) is 30.0 Å². The highest BCUT2D eigenvalue weighted by atomic mass is 32.1. The van der Waals surface area contributed by atoms with Gasteiger partial charge in [-0.3, -0.25) is 9.80 Å². The second kappa shape index (κ2) is 7.66. The van der Waals surface area contributed by atoms with Crippen LogP contribution in [0.5, 0.6) is 5.75 Å². The number of thiophene rings is 1. The zero-order valence-corrected chi connectivity index (χ0v) is 16.8. The zero-order valence-electron chi connectivity index (χ0n) is 16.0. The van der Waals surface area contributed by atoms with Gasteiger partial charge in [-0.25, -0.2) is 0 Å². The van der Waals surface area contributed by atoms with Crippen LogP contribution in [-0.4, -0.2) is 52.8 Å². The quantitative estimate of drug-likeness (QED) is 0.657. The lowest BCUT2D eigenvalue weighted by Gasteiger charge is -2.36. The number of hydrogen-bond donors (Lipinski definition) is 0. The van der Waals surface area contributed by atoms with Crippen LogP contribution in [-0.2, 0) is 13.0 Å². The van der Waals surface area contributed by atoms with Gasteiger partial charge in [-0.1, -0.05) is 18.2 Å². The van der Waals surface area contributed by atoms with Crippen molar-refractivity contribution in [1.29, 1.82) is 0 Å². The van der Waals surface area contributed by atoms with E-state index in [1.54, 1.807) is 11.3 Å². The van der Waals surface area contributed by atoms with Gasteiger partial charge in [0, 0.05) is 39.1 Å². The van der Waals surface area contributed by atoms with Crippen molar-refractivity contribution in [2.75, 3.05) is 32.8 Å². The van der Waals surface area contributed by atoms with E-state index in [1.165, 1.54) is 11.1 Å². The minimum absolute atomic E-state index is 0.139. The third kappa shape index (κ3) is 3.57. The van der Waals surface area contributed by atoms with Gasteiger partial charge in [-0.05, 0) is 35.6 Å². The number of hydrogen-bond acceptors (Lipinski definition) is 7. The van der Waals surface area contributed by atoms with E-state index in [0.29, 0.717) is 11.8 Å². The summed E-state index contributed by atoms with van der Waals surface area (Å²) < 4.78 is 11.5. The molecule has 3 aromatic rings. The van der Waals surface area contributed by atoms with Crippen molar-refractivity contribution >= 4 is 11.3 Å². The topological polar surface area (TPSA) is 54.6 Å². The Morgan fingerprint density at radius 2 is 2.04 bits per heavy atom. The Morgan fingerprint density at radius 1 is 1.14 bits per heavy atom. The molecule has 5 rings (SSSR count). The van der Waals surface area contributed by atoms with Gasteiger partial charge >= 0.3 is 0 Å². The summed E-state index contributed by atoms with van der Waals surface area (Å²) in [5.74, 6) is 2.38. The Morgan fingerprint density at radius 3 is 2.86 bits per heavy atom. The van der Waals surface area contributed by atoms with Crippen LogP contribution in [0.25, 0.3) is 10.8 Å². The third-order valence-electron chi connectivity index (χ3n) is 5.64. The Labute approximate surface area is 168 Å². The highest BCUT2D eigenvalue weighted by Crippen LogP contribution is 2.28. The van der Waals surface area contributed by atoms with E-state index in [2.05, 4.69) is 45.1 Å². The monoisotopic (exact) mass is 396 g/mol. The summed E-state index contributed by atoms with van der Waals surface area (Å²) in [7, 11) is 0. The van der Waals surface area contributed by atoms with Crippen molar-refractivity contribution < 1.29 is 9.15 Å². The van der Waals surface area contributed by atoms with Crippen molar-refractivity contribution in [3.8, 4) is 16.5 Å². The summed E-state index contributed by atoms with van der Waals surface area (Å²) in [6, 6.07) is 10.8. The predicted octanol–water partition coefficient (Wildman–Crippen LogP) is 3.61. The molecule has 0 bridgehead atoms. The van der Waals surface area contributed by atoms with E-state index >= 15 is 0 Å². The first-order valence-corrected chi connectivity index (χ1v) is 10.7. The number of ether oxygens (including phenoxy) is 1. The number of nitrogens with zero attached hydrogens (tertiary/aromatic N) is 4. The van der Waals surface area contributed by atoms with Gasteiger partial charge in [0.1, 0.15) is 5.75 Å². The lowest BCUT2D eigenvalue weighted by atomic mass is 10.1. The Hall–Kier alpha value is -2.22. The van der Waals surface area contributed by atoms with Crippen LogP contribution in [0.4, 0.5) is 0 Å². The number of fused-ring (bicyclic) bond motifs is 1. The molecule has 0 unspecified atom stereocenters. The second-order valence-electron chi connectivity index (χ2n) is 7.45. The lowest BCUT2D eigenvalue weighted by Crippen LogP contribution is -2.46. The van der Waals surface area contributed by atoms with Crippen molar-refractivity contribution in [3.05, 3.63) is 52.7 Å². The minimum atomic E-state index is 0.139. The lowest BCUT2D eigenvalue weighted by molar-refractivity contribution is 0.0876. The molecule has 1 atom stereocenters. The van der Waals surface area contributed by atoms with Gasteiger partial charge in [0.2, 0.25) is 5.89 Å². The van der Waals surface area contributed by atoms with Gasteiger partial charge < -0.3 is 9.15 Å². The summed E-state index contributed by atoms with van der Waals surface area (Å²) in [6.45, 7) is 8.07. The van der Waals surface area contributed by atoms with E-state index in [9.17, 15) is 0 Å². The first-order valence-electron chi connectivity index (χ1n) is 9.84. The fourth-order valence-corrected chi connectivity index (χ4v) is 4.61. The van der Waals surface area contributed by atoms with E-state index < -0.39 is 0 Å². The maximum absolute atomic E-state index is 5.93. The highest BCUT2D eigenvalue weighted by molar-refractivity contribution is 7.13. The number of piperazine rings is 1. The molecular weight excluding hydrogens is 372 g/mol. The first kappa shape index (κ1) is 17.8. The molecule has 7 heteroatoms. The van der Waals surface area contributed by atoms with Gasteiger partial charge in [-0.2, -0.15) is 0 Å². The summed E-state index contributed by atoms with van der Waals surface area (Å²) in [5, 5.41) is 10.5. The summed E-state index contributed by atoms with van der Waals surface area (Å²) in [4.78, 5) is 5.97. The van der Waals surface area contributed by atoms with Crippen LogP contribution in [0.2, 0.25) is 0 Å². The third-order valence-corrected chi connectivity index (χ3v) is 6.50. The van der Waals surface area contributed by atoms with Crippen LogP contribution < -0.4 is 4.74 Å². The smallest absolute Gasteiger partial charge is 0.257 e. The van der Waals surface area contributed by atoms with Crippen molar-refractivity contribution in [2.45, 2.75) is 25.9 Å². The number of aromatic nitrogens is 2. The molecule has 0 radical (unpaired) electrons. The molecule has 1 saturated heterocycles. The summed E-state index contributed by atoms with van der Waals surface area (Å²) >= 11 is 1.62. The van der Waals surface area contributed by atoms with Crippen LogP contribution in [0.15, 0.2) is 40.1 Å². The molecule has 0 amide bonds. The molecule has 0 saturated carbocycles. The molecule has 1 aromatic carbocycles.